The second-order valence-corrected chi connectivity index (χ2v) is 4.94. The molecule has 0 saturated heterocycles. The summed E-state index contributed by atoms with van der Waals surface area (Å²) < 4.78 is 0. The fourth-order valence-corrected chi connectivity index (χ4v) is 2.27. The van der Waals surface area contributed by atoms with Crippen LogP contribution in [-0.4, -0.2) is 15.7 Å². The van der Waals surface area contributed by atoms with E-state index in [1.807, 2.05) is 12.1 Å². The van der Waals surface area contributed by atoms with Crippen molar-refractivity contribution in [2.24, 2.45) is 0 Å². The fraction of sp³-hybridized carbons (Fsp3) is 0.417. The van der Waals surface area contributed by atoms with E-state index in [0.717, 1.165) is 22.3 Å². The number of H-pyrrole nitrogens is 1. The predicted octanol–water partition coefficient (Wildman–Crippen LogP) is 2.50. The van der Waals surface area contributed by atoms with Crippen LogP contribution >= 0.6 is 0 Å². The van der Waals surface area contributed by atoms with Crippen LogP contribution in [-0.2, 0) is 0 Å². The molecule has 0 amide bonds. The SMILES string of the molecule is CC1(Nc2cc3[nH]ncc3cc2N)CCC1. The van der Waals surface area contributed by atoms with Crippen LogP contribution in [0.15, 0.2) is 18.3 Å². The van der Waals surface area contributed by atoms with Crippen LogP contribution in [0.4, 0.5) is 11.4 Å². The average molecular weight is 216 g/mol. The molecule has 0 radical (unpaired) electrons. The fourth-order valence-electron chi connectivity index (χ4n) is 2.27. The number of benzene rings is 1. The Labute approximate surface area is 94.2 Å². The van der Waals surface area contributed by atoms with Gasteiger partial charge in [0.15, 0.2) is 0 Å². The van der Waals surface area contributed by atoms with Crippen LogP contribution < -0.4 is 11.1 Å². The van der Waals surface area contributed by atoms with Gasteiger partial charge in [0.1, 0.15) is 0 Å². The summed E-state index contributed by atoms with van der Waals surface area (Å²) in [5.74, 6) is 0. The Hall–Kier alpha value is -1.71. The summed E-state index contributed by atoms with van der Waals surface area (Å²) in [6.45, 7) is 2.24. The molecule has 16 heavy (non-hydrogen) atoms. The third kappa shape index (κ3) is 1.41. The molecule has 1 aromatic heterocycles. The van der Waals surface area contributed by atoms with E-state index in [-0.39, 0.29) is 5.54 Å². The number of hydrogen-bond donors (Lipinski definition) is 3. The molecule has 4 heteroatoms. The maximum atomic E-state index is 6.03. The molecule has 84 valence electrons. The van der Waals surface area contributed by atoms with Gasteiger partial charge in [-0.1, -0.05) is 0 Å². The van der Waals surface area contributed by atoms with Crippen molar-refractivity contribution < 1.29 is 0 Å². The molecule has 1 heterocycles. The van der Waals surface area contributed by atoms with Crippen molar-refractivity contribution >= 4 is 22.3 Å². The minimum Gasteiger partial charge on any atom is -0.397 e. The molecule has 0 atom stereocenters. The topological polar surface area (TPSA) is 66.7 Å². The van der Waals surface area contributed by atoms with Crippen LogP contribution in [0.3, 0.4) is 0 Å². The summed E-state index contributed by atoms with van der Waals surface area (Å²) in [6.07, 6.45) is 5.52. The standard InChI is InChI=1S/C12H16N4/c1-12(3-2-4-12)15-11-6-10-8(5-9(11)13)7-14-16-10/h5-7,15H,2-4,13H2,1H3,(H,14,16). The molecule has 1 saturated carbocycles. The number of rotatable bonds is 2. The van der Waals surface area contributed by atoms with Gasteiger partial charge < -0.3 is 11.1 Å². The largest absolute Gasteiger partial charge is 0.397 e. The number of nitrogens with one attached hydrogen (secondary N) is 2. The molecule has 0 spiro atoms. The van der Waals surface area contributed by atoms with E-state index in [0.29, 0.717) is 0 Å². The van der Waals surface area contributed by atoms with Crippen LogP contribution in [0, 0.1) is 0 Å². The highest BCUT2D eigenvalue weighted by Crippen LogP contribution is 2.37. The number of nitrogens with two attached hydrogens (primary N) is 1. The highest BCUT2D eigenvalue weighted by molar-refractivity contribution is 5.88. The summed E-state index contributed by atoms with van der Waals surface area (Å²) >= 11 is 0. The van der Waals surface area contributed by atoms with Crippen molar-refractivity contribution in [1.82, 2.24) is 10.2 Å². The van der Waals surface area contributed by atoms with Crippen LogP contribution in [0.2, 0.25) is 0 Å². The Morgan fingerprint density at radius 2 is 2.25 bits per heavy atom. The first-order chi connectivity index (χ1) is 7.66. The van der Waals surface area contributed by atoms with E-state index in [9.17, 15) is 0 Å². The third-order valence-electron chi connectivity index (χ3n) is 3.50. The van der Waals surface area contributed by atoms with Crippen molar-refractivity contribution in [3.8, 4) is 0 Å². The van der Waals surface area contributed by atoms with Gasteiger partial charge in [-0.3, -0.25) is 5.10 Å². The Morgan fingerprint density at radius 3 is 2.94 bits per heavy atom. The molecule has 4 N–H and O–H groups in total. The Morgan fingerprint density at radius 1 is 1.44 bits per heavy atom. The molecule has 1 aromatic carbocycles. The molecular formula is C12H16N4. The first-order valence-corrected chi connectivity index (χ1v) is 5.67. The second kappa shape index (κ2) is 3.14. The number of aromatic amines is 1. The zero-order valence-electron chi connectivity index (χ0n) is 9.38. The summed E-state index contributed by atoms with van der Waals surface area (Å²) in [4.78, 5) is 0. The third-order valence-corrected chi connectivity index (χ3v) is 3.50. The van der Waals surface area contributed by atoms with Gasteiger partial charge in [0.25, 0.3) is 0 Å². The van der Waals surface area contributed by atoms with E-state index < -0.39 is 0 Å². The first kappa shape index (κ1) is 9.51. The van der Waals surface area contributed by atoms with Gasteiger partial charge >= 0.3 is 0 Å². The summed E-state index contributed by atoms with van der Waals surface area (Å²) in [5.41, 5.74) is 9.09. The number of nitrogens with zero attached hydrogens (tertiary/aromatic N) is 1. The van der Waals surface area contributed by atoms with Gasteiger partial charge in [-0.05, 0) is 38.3 Å². The zero-order valence-corrected chi connectivity index (χ0v) is 9.38. The maximum Gasteiger partial charge on any atom is 0.0672 e. The molecule has 1 aliphatic carbocycles. The molecule has 1 fully saturated rings. The number of fused-ring (bicyclic) bond motifs is 1. The van der Waals surface area contributed by atoms with Gasteiger partial charge in [0, 0.05) is 10.9 Å². The molecule has 0 unspecified atom stereocenters. The molecule has 4 nitrogen and oxygen atoms in total. The van der Waals surface area contributed by atoms with E-state index in [4.69, 9.17) is 5.73 Å². The molecule has 1 aliphatic rings. The van der Waals surface area contributed by atoms with Crippen molar-refractivity contribution in [1.29, 1.82) is 0 Å². The molecule has 2 aromatic rings. The van der Waals surface area contributed by atoms with Gasteiger partial charge in [0.2, 0.25) is 0 Å². The van der Waals surface area contributed by atoms with E-state index in [2.05, 4.69) is 22.4 Å². The van der Waals surface area contributed by atoms with Crippen LogP contribution in [0.25, 0.3) is 10.9 Å². The second-order valence-electron chi connectivity index (χ2n) is 4.94. The monoisotopic (exact) mass is 216 g/mol. The summed E-state index contributed by atoms with van der Waals surface area (Å²) in [6, 6.07) is 4.00. The lowest BCUT2D eigenvalue weighted by molar-refractivity contribution is 0.307. The van der Waals surface area contributed by atoms with Crippen LogP contribution in [0.1, 0.15) is 26.2 Å². The number of anilines is 2. The van der Waals surface area contributed by atoms with Gasteiger partial charge in [0.05, 0.1) is 23.1 Å². The van der Waals surface area contributed by atoms with E-state index >= 15 is 0 Å². The highest BCUT2D eigenvalue weighted by atomic mass is 15.1. The number of hydrogen-bond acceptors (Lipinski definition) is 3. The molecule has 0 aliphatic heterocycles. The van der Waals surface area contributed by atoms with Gasteiger partial charge in [-0.15, -0.1) is 0 Å². The Kier molecular flexibility index (Phi) is 1.87. The zero-order chi connectivity index (χ0) is 11.2. The quantitative estimate of drug-likeness (QED) is 0.676. The normalized spacial score (nSPS) is 18.3. The summed E-state index contributed by atoms with van der Waals surface area (Å²) in [7, 11) is 0. The van der Waals surface area contributed by atoms with Gasteiger partial charge in [-0.25, -0.2) is 0 Å². The summed E-state index contributed by atoms with van der Waals surface area (Å²) in [5, 5.41) is 11.6. The van der Waals surface area contributed by atoms with E-state index in [1.165, 1.54) is 19.3 Å². The predicted molar refractivity (Wildman–Crippen MR) is 66.4 cm³/mol. The maximum absolute atomic E-state index is 6.03. The Bertz CT molecular complexity index is 525. The molecule has 0 bridgehead atoms. The van der Waals surface area contributed by atoms with E-state index in [1.54, 1.807) is 6.20 Å². The van der Waals surface area contributed by atoms with Crippen molar-refractivity contribution in [3.63, 3.8) is 0 Å². The number of nitrogen functional groups attached to an aromatic ring is 1. The number of aromatic nitrogens is 2. The Balaban J connectivity index is 1.98. The lowest BCUT2D eigenvalue weighted by atomic mass is 9.78. The molecular weight excluding hydrogens is 200 g/mol. The lowest BCUT2D eigenvalue weighted by Crippen LogP contribution is -2.41. The highest BCUT2D eigenvalue weighted by Gasteiger charge is 2.31. The van der Waals surface area contributed by atoms with Crippen molar-refractivity contribution in [2.75, 3.05) is 11.1 Å². The lowest BCUT2D eigenvalue weighted by Gasteiger charge is -2.40. The van der Waals surface area contributed by atoms with Crippen LogP contribution in [0.5, 0.6) is 0 Å². The smallest absolute Gasteiger partial charge is 0.0672 e. The molecule has 3 rings (SSSR count). The van der Waals surface area contributed by atoms with Crippen molar-refractivity contribution in [2.45, 2.75) is 31.7 Å². The minimum atomic E-state index is 0.224. The van der Waals surface area contributed by atoms with Crippen molar-refractivity contribution in [3.05, 3.63) is 18.3 Å². The first-order valence-electron chi connectivity index (χ1n) is 5.67. The minimum absolute atomic E-state index is 0.224. The average Bonchev–Trinajstić information content (AvgIpc) is 2.63. The van der Waals surface area contributed by atoms with Gasteiger partial charge in [-0.2, -0.15) is 5.10 Å².